The van der Waals surface area contributed by atoms with Crippen LogP contribution in [0, 0.1) is 5.82 Å². The minimum atomic E-state index is -1.14. The second-order valence-electron chi connectivity index (χ2n) is 3.40. The van der Waals surface area contributed by atoms with Crippen molar-refractivity contribution in [2.45, 2.75) is 0 Å². The highest BCUT2D eigenvalue weighted by atomic mass is 32.1. The van der Waals surface area contributed by atoms with Crippen LogP contribution < -0.4 is 5.32 Å². The summed E-state index contributed by atoms with van der Waals surface area (Å²) in [6, 6.07) is 6.88. The summed E-state index contributed by atoms with van der Waals surface area (Å²) in [5.74, 6) is -2.46. The normalized spacial score (nSPS) is 10.1. The van der Waals surface area contributed by atoms with Crippen LogP contribution in [-0.2, 0) is 0 Å². The number of carbonyl (C=O) groups is 2. The number of amides is 1. The number of hydrogen-bond acceptors (Lipinski definition) is 3. The highest BCUT2D eigenvalue weighted by Crippen LogP contribution is 2.24. The first kappa shape index (κ1) is 12.3. The van der Waals surface area contributed by atoms with Crippen molar-refractivity contribution >= 4 is 28.2 Å². The lowest BCUT2D eigenvalue weighted by atomic mass is 10.2. The molecule has 2 N–H and O–H groups in total. The number of carboxylic acid groups (broad SMARTS) is 1. The predicted octanol–water partition coefficient (Wildman–Crippen LogP) is 2.84. The lowest BCUT2D eigenvalue weighted by Gasteiger charge is -2.04. The van der Waals surface area contributed by atoms with Crippen molar-refractivity contribution in [1.29, 1.82) is 0 Å². The van der Waals surface area contributed by atoms with Gasteiger partial charge in [0.05, 0.1) is 11.1 Å². The number of hydrogen-bond donors (Lipinski definition) is 2. The molecule has 4 nitrogen and oxygen atoms in total. The minimum absolute atomic E-state index is 0.00955. The van der Waals surface area contributed by atoms with Gasteiger partial charge in [0.15, 0.2) is 0 Å². The van der Waals surface area contributed by atoms with Gasteiger partial charge in [-0.05, 0) is 23.6 Å². The van der Waals surface area contributed by atoms with Gasteiger partial charge in [0.2, 0.25) is 0 Å². The molecule has 0 saturated heterocycles. The van der Waals surface area contributed by atoms with E-state index in [2.05, 4.69) is 5.32 Å². The molecule has 92 valence electrons. The van der Waals surface area contributed by atoms with Crippen LogP contribution in [0.5, 0.6) is 0 Å². The number of halogens is 1. The fourth-order valence-corrected chi connectivity index (χ4v) is 2.16. The number of anilines is 1. The molecule has 18 heavy (non-hydrogen) atoms. The fraction of sp³-hybridized carbons (Fsp3) is 0. The Hall–Kier alpha value is -2.21. The summed E-state index contributed by atoms with van der Waals surface area (Å²) in [6.45, 7) is 0. The van der Waals surface area contributed by atoms with E-state index in [-0.39, 0.29) is 16.1 Å². The number of thiophene rings is 1. The molecule has 6 heteroatoms. The van der Waals surface area contributed by atoms with Crippen molar-refractivity contribution in [2.24, 2.45) is 0 Å². The number of carbonyl (C=O) groups excluding carboxylic acids is 1. The Morgan fingerprint density at radius 2 is 1.89 bits per heavy atom. The number of rotatable bonds is 3. The zero-order chi connectivity index (χ0) is 13.1. The molecule has 1 aromatic heterocycles. The first-order valence-corrected chi connectivity index (χ1v) is 5.84. The van der Waals surface area contributed by atoms with Crippen LogP contribution in [0.3, 0.4) is 0 Å². The van der Waals surface area contributed by atoms with Gasteiger partial charge in [0.25, 0.3) is 5.91 Å². The third kappa shape index (κ3) is 2.38. The van der Waals surface area contributed by atoms with E-state index in [1.807, 2.05) is 0 Å². The lowest BCUT2D eigenvalue weighted by Crippen LogP contribution is -2.14. The molecule has 0 unspecified atom stereocenters. The maximum atomic E-state index is 13.4. The standard InChI is InChI=1S/C12H8FNO3S/c13-9-4-2-1-3-7(9)10(15)14-11-8(12(16)17)5-6-18-11/h1-6H,(H,14,15)(H,16,17). The molecule has 0 saturated carbocycles. The van der Waals surface area contributed by atoms with Gasteiger partial charge in [-0.25, -0.2) is 9.18 Å². The van der Waals surface area contributed by atoms with E-state index in [0.717, 1.165) is 11.3 Å². The first-order valence-electron chi connectivity index (χ1n) is 4.96. The van der Waals surface area contributed by atoms with Gasteiger partial charge < -0.3 is 10.4 Å². The summed E-state index contributed by atoms with van der Waals surface area (Å²) < 4.78 is 13.4. The van der Waals surface area contributed by atoms with Gasteiger partial charge in [-0.2, -0.15) is 0 Å². The molecule has 0 aliphatic rings. The van der Waals surface area contributed by atoms with Crippen molar-refractivity contribution in [2.75, 3.05) is 5.32 Å². The summed E-state index contributed by atoms with van der Waals surface area (Å²) >= 11 is 1.07. The monoisotopic (exact) mass is 265 g/mol. The smallest absolute Gasteiger partial charge is 0.338 e. The molecule has 0 atom stereocenters. The number of aromatic carboxylic acids is 1. The molecular weight excluding hydrogens is 257 g/mol. The zero-order valence-electron chi connectivity index (χ0n) is 9.01. The van der Waals surface area contributed by atoms with Gasteiger partial charge in [-0.15, -0.1) is 11.3 Å². The second kappa shape index (κ2) is 4.97. The first-order chi connectivity index (χ1) is 8.59. The molecular formula is C12H8FNO3S. The Balaban J connectivity index is 2.25. The summed E-state index contributed by atoms with van der Waals surface area (Å²) in [7, 11) is 0. The Labute approximate surface area is 106 Å². The summed E-state index contributed by atoms with van der Waals surface area (Å²) in [6.07, 6.45) is 0. The van der Waals surface area contributed by atoms with Crippen LogP contribution in [0.25, 0.3) is 0 Å². The van der Waals surface area contributed by atoms with Gasteiger partial charge in [0.1, 0.15) is 10.8 Å². The van der Waals surface area contributed by atoms with Crippen molar-refractivity contribution in [3.63, 3.8) is 0 Å². The van der Waals surface area contributed by atoms with Crippen LogP contribution in [0.2, 0.25) is 0 Å². The Kier molecular flexibility index (Phi) is 3.38. The van der Waals surface area contributed by atoms with Crippen molar-refractivity contribution in [3.05, 3.63) is 52.7 Å². The SMILES string of the molecule is O=C(Nc1sccc1C(=O)O)c1ccccc1F. The maximum Gasteiger partial charge on any atom is 0.338 e. The number of nitrogens with one attached hydrogen (secondary N) is 1. The van der Waals surface area contributed by atoms with Crippen molar-refractivity contribution in [3.8, 4) is 0 Å². The largest absolute Gasteiger partial charge is 0.478 e. The Bertz CT molecular complexity index is 609. The van der Waals surface area contributed by atoms with E-state index >= 15 is 0 Å². The molecule has 1 heterocycles. The maximum absolute atomic E-state index is 13.4. The summed E-state index contributed by atoms with van der Waals surface area (Å²) in [5, 5.41) is 13.0. The molecule has 0 aliphatic carbocycles. The van der Waals surface area contributed by atoms with Crippen LogP contribution in [0.4, 0.5) is 9.39 Å². The van der Waals surface area contributed by atoms with Crippen LogP contribution in [0.1, 0.15) is 20.7 Å². The quantitative estimate of drug-likeness (QED) is 0.896. The van der Waals surface area contributed by atoms with E-state index in [0.29, 0.717) is 0 Å². The molecule has 0 bridgehead atoms. The van der Waals surface area contributed by atoms with Gasteiger partial charge in [0, 0.05) is 0 Å². The van der Waals surface area contributed by atoms with Gasteiger partial charge >= 0.3 is 5.97 Å². The van der Waals surface area contributed by atoms with E-state index in [1.165, 1.54) is 30.3 Å². The Morgan fingerprint density at radius 3 is 2.56 bits per heavy atom. The van der Waals surface area contributed by atoms with Crippen LogP contribution in [0.15, 0.2) is 35.7 Å². The molecule has 1 aromatic carbocycles. The molecule has 2 rings (SSSR count). The molecule has 0 aliphatic heterocycles. The predicted molar refractivity (Wildman–Crippen MR) is 65.6 cm³/mol. The summed E-state index contributed by atoms with van der Waals surface area (Å²) in [4.78, 5) is 22.6. The van der Waals surface area contributed by atoms with E-state index < -0.39 is 17.7 Å². The summed E-state index contributed by atoms with van der Waals surface area (Å²) in [5.41, 5.74) is -0.132. The number of benzene rings is 1. The van der Waals surface area contributed by atoms with Crippen molar-refractivity contribution < 1.29 is 19.1 Å². The van der Waals surface area contributed by atoms with Crippen LogP contribution in [-0.4, -0.2) is 17.0 Å². The third-order valence-electron chi connectivity index (χ3n) is 2.24. The average molecular weight is 265 g/mol. The fourth-order valence-electron chi connectivity index (χ4n) is 1.39. The van der Waals surface area contributed by atoms with Gasteiger partial charge in [-0.1, -0.05) is 12.1 Å². The molecule has 0 radical (unpaired) electrons. The van der Waals surface area contributed by atoms with E-state index in [9.17, 15) is 14.0 Å². The molecule has 0 fully saturated rings. The zero-order valence-corrected chi connectivity index (χ0v) is 9.83. The van der Waals surface area contributed by atoms with Crippen molar-refractivity contribution in [1.82, 2.24) is 0 Å². The second-order valence-corrected chi connectivity index (χ2v) is 4.32. The lowest BCUT2D eigenvalue weighted by molar-refractivity contribution is 0.0698. The highest BCUT2D eigenvalue weighted by molar-refractivity contribution is 7.14. The van der Waals surface area contributed by atoms with E-state index in [1.54, 1.807) is 5.38 Å². The van der Waals surface area contributed by atoms with E-state index in [4.69, 9.17) is 5.11 Å². The minimum Gasteiger partial charge on any atom is -0.478 e. The molecule has 0 spiro atoms. The van der Waals surface area contributed by atoms with Crippen LogP contribution >= 0.6 is 11.3 Å². The average Bonchev–Trinajstić information content (AvgIpc) is 2.77. The topological polar surface area (TPSA) is 66.4 Å². The number of carboxylic acids is 1. The third-order valence-corrected chi connectivity index (χ3v) is 3.07. The highest BCUT2D eigenvalue weighted by Gasteiger charge is 2.16. The van der Waals surface area contributed by atoms with Gasteiger partial charge in [-0.3, -0.25) is 4.79 Å². The molecule has 1 amide bonds. The Morgan fingerprint density at radius 1 is 1.17 bits per heavy atom. The molecule has 2 aromatic rings.